The molecule has 1 atom stereocenters. The highest BCUT2D eigenvalue weighted by Gasteiger charge is 2.25. The number of aryl methyl sites for hydroxylation is 1. The molecule has 110 valence electrons. The molecule has 0 aliphatic carbocycles. The molecular weight excluding hydrogens is 324 g/mol. The predicted octanol–water partition coefficient (Wildman–Crippen LogP) is 4.16. The predicted molar refractivity (Wildman–Crippen MR) is 92.9 cm³/mol. The van der Waals surface area contributed by atoms with Crippen molar-refractivity contribution >= 4 is 21.6 Å². The molecule has 0 spiro atoms. The minimum Gasteiger partial charge on any atom is -0.362 e. The molecule has 1 N–H and O–H groups in total. The van der Waals surface area contributed by atoms with Gasteiger partial charge in [0.05, 0.1) is 6.04 Å². The fourth-order valence-corrected chi connectivity index (χ4v) is 3.49. The van der Waals surface area contributed by atoms with Crippen LogP contribution in [-0.2, 0) is 6.42 Å². The maximum absolute atomic E-state index is 3.59. The van der Waals surface area contributed by atoms with E-state index in [0.29, 0.717) is 6.04 Å². The summed E-state index contributed by atoms with van der Waals surface area (Å²) in [4.78, 5) is 2.55. The van der Waals surface area contributed by atoms with Crippen LogP contribution < -0.4 is 10.2 Å². The average molecular weight is 345 g/mol. The Labute approximate surface area is 135 Å². The van der Waals surface area contributed by atoms with Crippen LogP contribution >= 0.6 is 15.9 Å². The molecule has 1 aliphatic rings. The number of benzene rings is 2. The number of nitrogens with zero attached hydrogens (tertiary/aromatic N) is 1. The highest BCUT2D eigenvalue weighted by molar-refractivity contribution is 9.10. The fourth-order valence-electron chi connectivity index (χ4n) is 3.08. The van der Waals surface area contributed by atoms with E-state index in [4.69, 9.17) is 0 Å². The molecule has 0 amide bonds. The first-order valence-electron chi connectivity index (χ1n) is 7.60. The van der Waals surface area contributed by atoms with Crippen LogP contribution in [0.1, 0.15) is 24.1 Å². The summed E-state index contributed by atoms with van der Waals surface area (Å²) in [6.07, 6.45) is 1.06. The van der Waals surface area contributed by atoms with Crippen molar-refractivity contribution in [2.75, 3.05) is 24.5 Å². The molecule has 0 bridgehead atoms. The van der Waals surface area contributed by atoms with Crippen molar-refractivity contribution in [1.82, 2.24) is 5.32 Å². The van der Waals surface area contributed by atoms with E-state index in [9.17, 15) is 0 Å². The number of hydrogen-bond acceptors (Lipinski definition) is 2. The number of halogens is 1. The summed E-state index contributed by atoms with van der Waals surface area (Å²) in [6, 6.07) is 17.9. The van der Waals surface area contributed by atoms with Crippen molar-refractivity contribution in [1.29, 1.82) is 0 Å². The molecule has 3 rings (SSSR count). The molecule has 1 heterocycles. The Kier molecular flexibility index (Phi) is 4.61. The number of rotatable bonds is 3. The minimum absolute atomic E-state index is 0.409. The van der Waals surface area contributed by atoms with Gasteiger partial charge in [0, 0.05) is 29.8 Å². The zero-order valence-corrected chi connectivity index (χ0v) is 13.9. The topological polar surface area (TPSA) is 15.3 Å². The molecule has 1 fully saturated rings. The van der Waals surface area contributed by atoms with Crippen LogP contribution in [0.2, 0.25) is 0 Å². The fraction of sp³-hybridized carbons (Fsp3) is 0.333. The van der Waals surface area contributed by atoms with Crippen LogP contribution in [0.5, 0.6) is 0 Å². The van der Waals surface area contributed by atoms with E-state index in [0.717, 1.165) is 30.5 Å². The van der Waals surface area contributed by atoms with Crippen LogP contribution in [0.15, 0.2) is 53.0 Å². The quantitative estimate of drug-likeness (QED) is 0.899. The van der Waals surface area contributed by atoms with Crippen LogP contribution in [0, 0.1) is 0 Å². The lowest BCUT2D eigenvalue weighted by molar-refractivity contribution is 0.489. The van der Waals surface area contributed by atoms with Gasteiger partial charge in [-0.25, -0.2) is 0 Å². The summed E-state index contributed by atoms with van der Waals surface area (Å²) in [5.41, 5.74) is 4.16. The first kappa shape index (κ1) is 14.6. The smallest absolute Gasteiger partial charge is 0.0667 e. The van der Waals surface area contributed by atoms with Crippen LogP contribution in [-0.4, -0.2) is 19.6 Å². The van der Waals surface area contributed by atoms with Crippen molar-refractivity contribution in [2.45, 2.75) is 19.4 Å². The van der Waals surface area contributed by atoms with Gasteiger partial charge in [-0.15, -0.1) is 0 Å². The van der Waals surface area contributed by atoms with Gasteiger partial charge in [0.25, 0.3) is 0 Å². The molecule has 2 aromatic rings. The molecular formula is C18H21BrN2. The summed E-state index contributed by atoms with van der Waals surface area (Å²) in [6.45, 7) is 5.32. The normalized spacial score (nSPS) is 18.8. The van der Waals surface area contributed by atoms with Gasteiger partial charge in [0.15, 0.2) is 0 Å². The minimum atomic E-state index is 0.409. The third-order valence-electron chi connectivity index (χ3n) is 4.16. The van der Waals surface area contributed by atoms with E-state index in [1.807, 2.05) is 0 Å². The number of piperazine rings is 1. The lowest BCUT2D eigenvalue weighted by Gasteiger charge is -2.39. The summed E-state index contributed by atoms with van der Waals surface area (Å²) >= 11 is 3.59. The third kappa shape index (κ3) is 3.14. The van der Waals surface area contributed by atoms with E-state index in [1.54, 1.807) is 0 Å². The number of hydrogen-bond donors (Lipinski definition) is 1. The molecule has 2 aromatic carbocycles. The highest BCUT2D eigenvalue weighted by atomic mass is 79.9. The standard InChI is InChI=1S/C18H21BrN2/c1-2-14-12-16(19)8-9-17(14)21-11-10-20-13-18(21)15-6-4-3-5-7-15/h3-9,12,18,20H,2,10-11,13H2,1H3. The molecule has 2 nitrogen and oxygen atoms in total. The van der Waals surface area contributed by atoms with Crippen molar-refractivity contribution in [2.24, 2.45) is 0 Å². The van der Waals surface area contributed by atoms with E-state index in [-0.39, 0.29) is 0 Å². The van der Waals surface area contributed by atoms with Gasteiger partial charge < -0.3 is 10.2 Å². The molecule has 21 heavy (non-hydrogen) atoms. The Balaban J connectivity index is 1.98. The lowest BCUT2D eigenvalue weighted by Crippen LogP contribution is -2.46. The van der Waals surface area contributed by atoms with Gasteiger partial charge >= 0.3 is 0 Å². The Morgan fingerprint density at radius 1 is 1.19 bits per heavy atom. The Morgan fingerprint density at radius 3 is 2.76 bits per heavy atom. The molecule has 1 aliphatic heterocycles. The van der Waals surface area contributed by atoms with Crippen molar-refractivity contribution in [3.8, 4) is 0 Å². The highest BCUT2D eigenvalue weighted by Crippen LogP contribution is 2.32. The van der Waals surface area contributed by atoms with Gasteiger partial charge in [-0.3, -0.25) is 0 Å². The molecule has 3 heteroatoms. The van der Waals surface area contributed by atoms with Gasteiger partial charge in [-0.05, 0) is 35.7 Å². The zero-order chi connectivity index (χ0) is 14.7. The van der Waals surface area contributed by atoms with Crippen LogP contribution in [0.25, 0.3) is 0 Å². The Morgan fingerprint density at radius 2 is 2.00 bits per heavy atom. The van der Waals surface area contributed by atoms with Gasteiger partial charge in [0.2, 0.25) is 0 Å². The Bertz CT molecular complexity index is 597. The number of anilines is 1. The second-order valence-electron chi connectivity index (χ2n) is 5.45. The van der Waals surface area contributed by atoms with Crippen molar-refractivity contribution in [3.63, 3.8) is 0 Å². The van der Waals surface area contributed by atoms with E-state index in [2.05, 4.69) is 81.6 Å². The van der Waals surface area contributed by atoms with E-state index < -0.39 is 0 Å². The van der Waals surface area contributed by atoms with E-state index >= 15 is 0 Å². The SMILES string of the molecule is CCc1cc(Br)ccc1N1CCNCC1c1ccccc1. The summed E-state index contributed by atoms with van der Waals surface area (Å²) in [5, 5.41) is 3.53. The summed E-state index contributed by atoms with van der Waals surface area (Å²) < 4.78 is 1.16. The first-order valence-corrected chi connectivity index (χ1v) is 8.39. The molecule has 1 unspecified atom stereocenters. The monoisotopic (exact) mass is 344 g/mol. The third-order valence-corrected chi connectivity index (χ3v) is 4.65. The van der Waals surface area contributed by atoms with E-state index in [1.165, 1.54) is 16.8 Å². The van der Waals surface area contributed by atoms with Crippen molar-refractivity contribution < 1.29 is 0 Å². The number of nitrogens with one attached hydrogen (secondary N) is 1. The summed E-state index contributed by atoms with van der Waals surface area (Å²) in [7, 11) is 0. The van der Waals surface area contributed by atoms with Gasteiger partial charge in [-0.2, -0.15) is 0 Å². The second kappa shape index (κ2) is 6.63. The molecule has 1 saturated heterocycles. The van der Waals surface area contributed by atoms with Crippen molar-refractivity contribution in [3.05, 3.63) is 64.1 Å². The average Bonchev–Trinajstić information content (AvgIpc) is 2.55. The van der Waals surface area contributed by atoms with Gasteiger partial charge in [0.1, 0.15) is 0 Å². The molecule has 0 saturated carbocycles. The lowest BCUT2D eigenvalue weighted by atomic mass is 10.0. The first-order chi connectivity index (χ1) is 10.3. The maximum Gasteiger partial charge on any atom is 0.0667 e. The van der Waals surface area contributed by atoms with Crippen LogP contribution in [0.3, 0.4) is 0 Å². The maximum atomic E-state index is 3.59. The largest absolute Gasteiger partial charge is 0.362 e. The summed E-state index contributed by atoms with van der Waals surface area (Å²) in [5.74, 6) is 0. The molecule has 0 radical (unpaired) electrons. The zero-order valence-electron chi connectivity index (χ0n) is 12.3. The van der Waals surface area contributed by atoms with Crippen LogP contribution in [0.4, 0.5) is 5.69 Å². The second-order valence-corrected chi connectivity index (χ2v) is 6.37. The molecule has 0 aromatic heterocycles. The Hall–Kier alpha value is -1.32. The van der Waals surface area contributed by atoms with Gasteiger partial charge in [-0.1, -0.05) is 53.2 Å².